The van der Waals surface area contributed by atoms with Gasteiger partial charge in [-0.15, -0.1) is 0 Å². The van der Waals surface area contributed by atoms with E-state index in [2.05, 4.69) is 4.98 Å². The predicted molar refractivity (Wildman–Crippen MR) is 129 cm³/mol. The lowest BCUT2D eigenvalue weighted by Gasteiger charge is -2.39. The molecule has 0 spiro atoms. The number of amides is 2. The Kier molecular flexibility index (Phi) is 7.47. The molecule has 7 nitrogen and oxygen atoms in total. The first-order chi connectivity index (χ1) is 15.8. The molecule has 2 heterocycles. The Hall–Kier alpha value is -2.78. The van der Waals surface area contributed by atoms with Crippen molar-refractivity contribution >= 4 is 26.4 Å². The molecule has 184 valence electrons. The van der Waals surface area contributed by atoms with Crippen LogP contribution in [0.3, 0.4) is 0 Å². The lowest BCUT2D eigenvalue weighted by Crippen LogP contribution is -2.46. The largest absolute Gasteiger partial charge is 0.449 e. The monoisotopic (exact) mass is 488 g/mol. The minimum Gasteiger partial charge on any atom is -0.449 e. The zero-order chi connectivity index (χ0) is 25.3. The number of halogens is 1. The molecule has 2 amide bonds. The summed E-state index contributed by atoms with van der Waals surface area (Å²) in [5.74, 6) is -0.802. The number of rotatable bonds is 7. The van der Waals surface area contributed by atoms with Crippen LogP contribution in [0.15, 0.2) is 46.8 Å². The highest BCUT2D eigenvalue weighted by Crippen LogP contribution is 2.39. The van der Waals surface area contributed by atoms with Crippen LogP contribution >= 0.6 is 0 Å². The second-order valence-corrected chi connectivity index (χ2v) is 14.9. The van der Waals surface area contributed by atoms with Gasteiger partial charge in [0.1, 0.15) is 30.0 Å². The van der Waals surface area contributed by atoms with E-state index in [1.54, 1.807) is 13.8 Å². The summed E-state index contributed by atoms with van der Waals surface area (Å²) in [6.07, 6.45) is -0.289. The number of hydrogen-bond donors (Lipinski definition) is 0. The molecule has 0 radical (unpaired) electrons. The van der Waals surface area contributed by atoms with Crippen molar-refractivity contribution in [1.82, 2.24) is 9.88 Å². The van der Waals surface area contributed by atoms with Crippen LogP contribution in [0, 0.1) is 6.92 Å². The lowest BCUT2D eigenvalue weighted by molar-refractivity contribution is -0.130. The van der Waals surface area contributed by atoms with Gasteiger partial charge in [0.25, 0.3) is 0 Å². The van der Waals surface area contributed by atoms with Crippen molar-refractivity contribution in [3.05, 3.63) is 59.6 Å². The highest BCUT2D eigenvalue weighted by Gasteiger charge is 2.45. The molecule has 34 heavy (non-hydrogen) atoms. The van der Waals surface area contributed by atoms with Crippen LogP contribution < -0.4 is 0 Å². The Morgan fingerprint density at radius 3 is 2.50 bits per heavy atom. The van der Waals surface area contributed by atoms with Crippen molar-refractivity contribution in [1.29, 1.82) is 0 Å². The maximum Gasteiger partial charge on any atom is 0.417 e. The van der Waals surface area contributed by atoms with Crippen LogP contribution in [-0.2, 0) is 14.0 Å². The average Bonchev–Trinajstić information content (AvgIpc) is 3.28. The van der Waals surface area contributed by atoms with E-state index >= 15 is 4.39 Å². The van der Waals surface area contributed by atoms with Crippen LogP contribution in [0.25, 0.3) is 6.08 Å². The van der Waals surface area contributed by atoms with Gasteiger partial charge in [-0.2, -0.15) is 0 Å². The molecular weight excluding hydrogens is 455 g/mol. The van der Waals surface area contributed by atoms with E-state index in [-0.39, 0.29) is 11.5 Å². The molecule has 1 aromatic carbocycles. The predicted octanol–water partition coefficient (Wildman–Crippen LogP) is 6.18. The molecule has 3 atom stereocenters. The van der Waals surface area contributed by atoms with Gasteiger partial charge < -0.3 is 13.6 Å². The molecule has 0 unspecified atom stereocenters. The number of aryl methyl sites for hydroxylation is 1. The van der Waals surface area contributed by atoms with Gasteiger partial charge in [0.15, 0.2) is 14.2 Å². The number of oxazole rings is 1. The first-order valence-electron chi connectivity index (χ1n) is 11.3. The number of hydrogen-bond acceptors (Lipinski definition) is 6. The average molecular weight is 489 g/mol. The Balaban J connectivity index is 1.85. The first kappa shape index (κ1) is 25.8. The summed E-state index contributed by atoms with van der Waals surface area (Å²) in [5, 5.41) is -0.211. The Bertz CT molecular complexity index is 1060. The molecule has 2 aromatic rings. The van der Waals surface area contributed by atoms with Crippen molar-refractivity contribution in [2.75, 3.05) is 0 Å². The summed E-state index contributed by atoms with van der Waals surface area (Å²) in [5.41, 5.74) is 1.09. The second-order valence-electron chi connectivity index (χ2n) is 10.1. The minimum absolute atomic E-state index is 0.211. The standard InChI is InChI=1S/C25H33FN2O5Si/c1-16-23(18-11-9-8-10-12-18)32-24(30)28(16)22(29)14-21(33-34(6,7)25(3,4)5)20(26)13-19-15-31-17(2)27-19/h8-13,15-16,21,23H,14H2,1-7H3/b20-13+/t16-,21-,23-/m0/s1. The zero-order valence-electron chi connectivity index (χ0n) is 20.8. The smallest absolute Gasteiger partial charge is 0.417 e. The summed E-state index contributed by atoms with van der Waals surface area (Å²) in [7, 11) is -2.46. The molecule has 1 aromatic heterocycles. The molecule has 1 saturated heterocycles. The number of cyclic esters (lactones) is 1. The third-order valence-corrected chi connectivity index (χ3v) is 11.0. The molecule has 1 aliphatic heterocycles. The Morgan fingerprint density at radius 1 is 1.29 bits per heavy atom. The molecule has 1 fully saturated rings. The Labute approximate surface area is 201 Å². The third-order valence-electron chi connectivity index (χ3n) is 6.50. The second kappa shape index (κ2) is 9.83. The molecule has 3 rings (SSSR count). The topological polar surface area (TPSA) is 81.9 Å². The van der Waals surface area contributed by atoms with E-state index in [0.29, 0.717) is 11.6 Å². The van der Waals surface area contributed by atoms with Gasteiger partial charge in [-0.05, 0) is 30.6 Å². The van der Waals surface area contributed by atoms with Gasteiger partial charge in [-0.25, -0.2) is 19.1 Å². The van der Waals surface area contributed by atoms with E-state index in [9.17, 15) is 9.59 Å². The van der Waals surface area contributed by atoms with Crippen molar-refractivity contribution in [2.45, 2.75) is 77.4 Å². The van der Waals surface area contributed by atoms with E-state index in [1.807, 2.05) is 64.2 Å². The van der Waals surface area contributed by atoms with Crippen LogP contribution in [0.1, 0.15) is 57.4 Å². The van der Waals surface area contributed by atoms with Gasteiger partial charge in [-0.1, -0.05) is 51.1 Å². The summed E-state index contributed by atoms with van der Waals surface area (Å²) >= 11 is 0. The fraction of sp³-hybridized carbons (Fsp3) is 0.480. The molecular formula is C25H33FN2O5Si. The highest BCUT2D eigenvalue weighted by atomic mass is 28.4. The first-order valence-corrected chi connectivity index (χ1v) is 14.3. The number of ether oxygens (including phenoxy) is 1. The minimum atomic E-state index is -2.46. The van der Waals surface area contributed by atoms with E-state index in [0.717, 1.165) is 10.5 Å². The van der Waals surface area contributed by atoms with Crippen LogP contribution in [0.5, 0.6) is 0 Å². The molecule has 0 N–H and O–H groups in total. The molecule has 0 bridgehead atoms. The third kappa shape index (κ3) is 5.64. The normalized spacial score (nSPS) is 20.4. The summed E-state index contributed by atoms with van der Waals surface area (Å²) < 4.78 is 32.4. The fourth-order valence-corrected chi connectivity index (χ4v) is 4.81. The van der Waals surface area contributed by atoms with Gasteiger partial charge in [0.05, 0.1) is 12.5 Å². The van der Waals surface area contributed by atoms with Gasteiger partial charge in [0.2, 0.25) is 5.91 Å². The lowest BCUT2D eigenvalue weighted by atomic mass is 10.0. The summed E-state index contributed by atoms with van der Waals surface area (Å²) in [6, 6.07) is 8.69. The van der Waals surface area contributed by atoms with E-state index in [4.69, 9.17) is 13.6 Å². The summed E-state index contributed by atoms with van der Waals surface area (Å²) in [4.78, 5) is 31.1. The van der Waals surface area contributed by atoms with Crippen LogP contribution in [-0.4, -0.2) is 42.3 Å². The number of imide groups is 1. The SMILES string of the molecule is Cc1nc(/C=C(/F)[C@H](CC(=O)N2C(=O)O[C@H](c3ccccc3)[C@@H]2C)O[Si](C)(C)C(C)(C)C)co1. The van der Waals surface area contributed by atoms with Gasteiger partial charge in [0, 0.05) is 13.0 Å². The molecule has 0 aliphatic carbocycles. The van der Waals surface area contributed by atoms with Crippen LogP contribution in [0.2, 0.25) is 18.1 Å². The van der Waals surface area contributed by atoms with Crippen LogP contribution in [0.4, 0.5) is 9.18 Å². The number of benzene rings is 1. The number of carbonyl (C=O) groups excluding carboxylic acids is 2. The van der Waals surface area contributed by atoms with Crippen molar-refractivity contribution in [2.24, 2.45) is 0 Å². The van der Waals surface area contributed by atoms with Gasteiger partial charge >= 0.3 is 6.09 Å². The molecule has 0 saturated carbocycles. The molecule has 9 heteroatoms. The maximum atomic E-state index is 15.5. The van der Waals surface area contributed by atoms with E-state index < -0.39 is 44.4 Å². The zero-order valence-corrected chi connectivity index (χ0v) is 21.8. The van der Waals surface area contributed by atoms with Crippen molar-refractivity contribution < 1.29 is 27.6 Å². The van der Waals surface area contributed by atoms with Crippen molar-refractivity contribution in [3.63, 3.8) is 0 Å². The maximum absolute atomic E-state index is 15.5. The number of aromatic nitrogens is 1. The quantitative estimate of drug-likeness (QED) is 0.433. The highest BCUT2D eigenvalue weighted by molar-refractivity contribution is 6.74. The van der Waals surface area contributed by atoms with E-state index in [1.165, 1.54) is 12.3 Å². The Morgan fingerprint density at radius 2 is 1.94 bits per heavy atom. The fourth-order valence-electron chi connectivity index (χ4n) is 3.55. The number of nitrogens with zero attached hydrogens (tertiary/aromatic N) is 2. The van der Waals surface area contributed by atoms with Crippen molar-refractivity contribution in [3.8, 4) is 0 Å². The van der Waals surface area contributed by atoms with Gasteiger partial charge in [-0.3, -0.25) is 4.79 Å². The summed E-state index contributed by atoms with van der Waals surface area (Å²) in [6.45, 7) is 13.5. The number of carbonyl (C=O) groups is 2. The molecule has 1 aliphatic rings.